The minimum atomic E-state index is -0.385. The van der Waals surface area contributed by atoms with Gasteiger partial charge in [0.1, 0.15) is 5.82 Å². The van der Waals surface area contributed by atoms with Gasteiger partial charge in [-0.1, -0.05) is 26.0 Å². The second kappa shape index (κ2) is 5.58. The summed E-state index contributed by atoms with van der Waals surface area (Å²) in [5, 5.41) is 2.74. The van der Waals surface area contributed by atoms with Crippen molar-refractivity contribution in [2.45, 2.75) is 19.8 Å². The molecule has 0 fully saturated rings. The lowest BCUT2D eigenvalue weighted by atomic mass is 10.0. The van der Waals surface area contributed by atoms with Crippen LogP contribution in [-0.4, -0.2) is 11.1 Å². The molecule has 0 saturated heterocycles. The quantitative estimate of drug-likeness (QED) is 0.428. The third kappa shape index (κ3) is 3.67. The maximum Gasteiger partial charge on any atom is 0.200 e. The fraction of sp³-hybridized carbons (Fsp3) is 0.273. The maximum absolute atomic E-state index is 13.7. The van der Waals surface area contributed by atoms with Gasteiger partial charge in [-0.15, -0.1) is 0 Å². The Morgan fingerprint density at radius 1 is 1.41 bits per heavy atom. The number of nitrogens with two attached hydrogens (primary N) is 2. The average molecular weight is 254 g/mol. The fourth-order valence-electron chi connectivity index (χ4n) is 1.41. The SMILES string of the molecule is CC(C)c1cccc(F)c1NC(=S)N=C(N)N. The van der Waals surface area contributed by atoms with Gasteiger partial charge < -0.3 is 16.8 Å². The van der Waals surface area contributed by atoms with Crippen molar-refractivity contribution in [1.29, 1.82) is 0 Å². The molecule has 0 aliphatic carbocycles. The molecule has 1 rings (SSSR count). The topological polar surface area (TPSA) is 76.4 Å². The van der Waals surface area contributed by atoms with Crippen molar-refractivity contribution < 1.29 is 4.39 Å². The van der Waals surface area contributed by atoms with Crippen molar-refractivity contribution in [1.82, 2.24) is 0 Å². The molecule has 6 heteroatoms. The highest BCUT2D eigenvalue weighted by molar-refractivity contribution is 7.80. The lowest BCUT2D eigenvalue weighted by Gasteiger charge is -2.14. The van der Waals surface area contributed by atoms with Gasteiger partial charge in [-0.25, -0.2) is 4.39 Å². The Morgan fingerprint density at radius 3 is 2.59 bits per heavy atom. The summed E-state index contributed by atoms with van der Waals surface area (Å²) in [6.07, 6.45) is 0. The Bertz CT molecular complexity index is 453. The molecule has 0 spiro atoms. The first-order valence-electron chi connectivity index (χ1n) is 5.11. The van der Waals surface area contributed by atoms with Crippen LogP contribution in [0, 0.1) is 5.82 Å². The summed E-state index contributed by atoms with van der Waals surface area (Å²) in [4.78, 5) is 3.64. The van der Waals surface area contributed by atoms with Gasteiger partial charge in [-0.05, 0) is 29.8 Å². The Hall–Kier alpha value is -1.69. The number of benzene rings is 1. The molecule has 0 aliphatic rings. The number of thiocarbonyl (C=S) groups is 1. The second-order valence-corrected chi connectivity index (χ2v) is 4.21. The maximum atomic E-state index is 13.7. The van der Waals surface area contributed by atoms with E-state index in [-0.39, 0.29) is 22.8 Å². The molecule has 1 aromatic carbocycles. The van der Waals surface area contributed by atoms with Gasteiger partial charge in [0.25, 0.3) is 0 Å². The van der Waals surface area contributed by atoms with E-state index in [4.69, 9.17) is 23.7 Å². The largest absolute Gasteiger partial charge is 0.370 e. The zero-order valence-electron chi connectivity index (χ0n) is 9.70. The Morgan fingerprint density at radius 2 is 2.06 bits per heavy atom. The smallest absolute Gasteiger partial charge is 0.200 e. The molecular formula is C11H15FN4S. The second-order valence-electron chi connectivity index (χ2n) is 3.83. The molecule has 0 radical (unpaired) electrons. The molecule has 0 aliphatic heterocycles. The van der Waals surface area contributed by atoms with E-state index in [0.29, 0.717) is 5.69 Å². The van der Waals surface area contributed by atoms with Gasteiger partial charge >= 0.3 is 0 Å². The van der Waals surface area contributed by atoms with Crippen molar-refractivity contribution in [2.75, 3.05) is 5.32 Å². The molecule has 0 bridgehead atoms. The number of anilines is 1. The van der Waals surface area contributed by atoms with E-state index in [0.717, 1.165) is 5.56 Å². The molecular weight excluding hydrogens is 239 g/mol. The molecule has 1 aromatic rings. The van der Waals surface area contributed by atoms with Crippen LogP contribution in [0.25, 0.3) is 0 Å². The highest BCUT2D eigenvalue weighted by atomic mass is 32.1. The van der Waals surface area contributed by atoms with E-state index in [2.05, 4.69) is 10.3 Å². The fourth-order valence-corrected chi connectivity index (χ4v) is 1.61. The first-order chi connectivity index (χ1) is 7.91. The number of rotatable bonds is 2. The van der Waals surface area contributed by atoms with Gasteiger partial charge in [0.05, 0.1) is 5.69 Å². The summed E-state index contributed by atoms with van der Waals surface area (Å²) in [5.41, 5.74) is 11.5. The lowest BCUT2D eigenvalue weighted by molar-refractivity contribution is 0.628. The van der Waals surface area contributed by atoms with Crippen LogP contribution in [-0.2, 0) is 0 Å². The van der Waals surface area contributed by atoms with E-state index in [1.165, 1.54) is 6.07 Å². The van der Waals surface area contributed by atoms with E-state index < -0.39 is 0 Å². The third-order valence-corrected chi connectivity index (χ3v) is 2.32. The number of nitrogens with zero attached hydrogens (tertiary/aromatic N) is 1. The first-order valence-corrected chi connectivity index (χ1v) is 5.51. The highest BCUT2D eigenvalue weighted by Crippen LogP contribution is 2.26. The van der Waals surface area contributed by atoms with Crippen molar-refractivity contribution in [3.63, 3.8) is 0 Å². The van der Waals surface area contributed by atoms with Crippen molar-refractivity contribution in [3.8, 4) is 0 Å². The minimum Gasteiger partial charge on any atom is -0.370 e. The predicted octanol–water partition coefficient (Wildman–Crippen LogP) is 1.92. The molecule has 0 aromatic heterocycles. The first kappa shape index (κ1) is 13.4. The number of guanidine groups is 1. The van der Waals surface area contributed by atoms with E-state index in [9.17, 15) is 4.39 Å². The van der Waals surface area contributed by atoms with Crippen molar-refractivity contribution >= 4 is 29.0 Å². The number of aliphatic imine (C=N–C) groups is 1. The summed E-state index contributed by atoms with van der Waals surface area (Å²) in [5.74, 6) is -0.385. The van der Waals surface area contributed by atoms with E-state index in [1.807, 2.05) is 19.9 Å². The van der Waals surface area contributed by atoms with Crippen LogP contribution < -0.4 is 16.8 Å². The third-order valence-electron chi connectivity index (χ3n) is 2.13. The number of hydrogen-bond acceptors (Lipinski definition) is 1. The van der Waals surface area contributed by atoms with E-state index in [1.54, 1.807) is 6.07 Å². The normalized spacial score (nSPS) is 10.1. The Balaban J connectivity index is 3.05. The number of hydrogen-bond donors (Lipinski definition) is 3. The van der Waals surface area contributed by atoms with Crippen molar-refractivity contribution in [3.05, 3.63) is 29.6 Å². The molecule has 0 saturated carbocycles. The van der Waals surface area contributed by atoms with Gasteiger partial charge in [0.2, 0.25) is 5.11 Å². The van der Waals surface area contributed by atoms with Crippen LogP contribution in [0.4, 0.5) is 10.1 Å². The van der Waals surface area contributed by atoms with Gasteiger partial charge in [0, 0.05) is 0 Å². The Kier molecular flexibility index (Phi) is 4.39. The number of halogens is 1. The van der Waals surface area contributed by atoms with E-state index >= 15 is 0 Å². The zero-order chi connectivity index (χ0) is 13.0. The van der Waals surface area contributed by atoms with Crippen molar-refractivity contribution in [2.24, 2.45) is 16.5 Å². The monoisotopic (exact) mass is 254 g/mol. The number of para-hydroxylation sites is 1. The summed E-state index contributed by atoms with van der Waals surface area (Å²) < 4.78 is 13.7. The van der Waals surface area contributed by atoms with Gasteiger partial charge in [-0.3, -0.25) is 0 Å². The average Bonchev–Trinajstić information content (AvgIpc) is 2.19. The summed E-state index contributed by atoms with van der Waals surface area (Å²) in [7, 11) is 0. The van der Waals surface area contributed by atoms with Crippen LogP contribution in [0.2, 0.25) is 0 Å². The molecule has 0 unspecified atom stereocenters. The highest BCUT2D eigenvalue weighted by Gasteiger charge is 2.12. The molecule has 0 heterocycles. The molecule has 0 atom stereocenters. The molecule has 4 nitrogen and oxygen atoms in total. The van der Waals surface area contributed by atoms with Crippen LogP contribution in [0.3, 0.4) is 0 Å². The minimum absolute atomic E-state index is 0.0389. The van der Waals surface area contributed by atoms with Gasteiger partial charge in [-0.2, -0.15) is 4.99 Å². The molecule has 5 N–H and O–H groups in total. The lowest BCUT2D eigenvalue weighted by Crippen LogP contribution is -2.25. The standard InChI is InChI=1S/C11H15FN4S/c1-6(2)7-4-3-5-8(12)9(7)15-11(17)16-10(13)14/h3-6H,1-2H3,(H5,13,14,15,16,17). The van der Waals surface area contributed by atoms with Gasteiger partial charge in [0.15, 0.2) is 5.96 Å². The van der Waals surface area contributed by atoms with Crippen LogP contribution in [0.15, 0.2) is 23.2 Å². The van der Waals surface area contributed by atoms with Crippen LogP contribution in [0.5, 0.6) is 0 Å². The van der Waals surface area contributed by atoms with Crippen LogP contribution >= 0.6 is 12.2 Å². The molecule has 0 amide bonds. The summed E-state index contributed by atoms with van der Waals surface area (Å²) in [6, 6.07) is 4.83. The molecule has 17 heavy (non-hydrogen) atoms. The summed E-state index contributed by atoms with van der Waals surface area (Å²) >= 11 is 4.89. The zero-order valence-corrected chi connectivity index (χ0v) is 10.5. The summed E-state index contributed by atoms with van der Waals surface area (Å²) in [6.45, 7) is 3.92. The number of nitrogens with one attached hydrogen (secondary N) is 1. The molecule has 92 valence electrons. The Labute approximate surface area is 105 Å². The van der Waals surface area contributed by atoms with Crippen LogP contribution in [0.1, 0.15) is 25.3 Å². The predicted molar refractivity (Wildman–Crippen MR) is 72.5 cm³/mol.